The number of hydrogen-bond acceptors (Lipinski definition) is 4. The summed E-state index contributed by atoms with van der Waals surface area (Å²) in [6.07, 6.45) is 0.902. The molecule has 0 aromatic heterocycles. The molecule has 0 fully saturated rings. The highest BCUT2D eigenvalue weighted by atomic mass is 16.5. The molecule has 0 saturated carbocycles. The highest BCUT2D eigenvalue weighted by Gasteiger charge is 1.71. The van der Waals surface area contributed by atoms with Crippen LogP contribution in [0, 0.1) is 0 Å². The van der Waals surface area contributed by atoms with E-state index in [9.17, 15) is 9.59 Å². The molecule has 0 spiro atoms. The lowest BCUT2D eigenvalue weighted by molar-refractivity contribution is -0.129. The third-order valence-electron chi connectivity index (χ3n) is 0.625. The van der Waals surface area contributed by atoms with Gasteiger partial charge < -0.3 is 9.47 Å². The molecule has 0 unspecified atom stereocenters. The van der Waals surface area contributed by atoms with Gasteiger partial charge in [0.1, 0.15) is 0 Å². The molecular formula is C7H14O4. The summed E-state index contributed by atoms with van der Waals surface area (Å²) in [6.45, 7) is 5.62. The normalized spacial score (nSPS) is 7.09. The van der Waals surface area contributed by atoms with E-state index in [1.54, 1.807) is 6.92 Å². The van der Waals surface area contributed by atoms with E-state index in [2.05, 4.69) is 9.47 Å². The molecule has 0 aromatic carbocycles. The summed E-state index contributed by atoms with van der Waals surface area (Å²) in [7, 11) is 0. The summed E-state index contributed by atoms with van der Waals surface area (Å²) in [4.78, 5) is 18.5. The molecule has 0 saturated heterocycles. The van der Waals surface area contributed by atoms with Crippen LogP contribution in [0.2, 0.25) is 0 Å². The van der Waals surface area contributed by atoms with Crippen LogP contribution in [0.4, 0.5) is 0 Å². The molecule has 0 aromatic rings. The smallest absolute Gasteiger partial charge is 0.293 e. The zero-order valence-electron chi connectivity index (χ0n) is 6.91. The quantitative estimate of drug-likeness (QED) is 0.442. The number of carbonyl (C=O) groups excluding carboxylic acids is 2. The SMILES string of the molecule is CCCOC=O.CCOC=O. The summed E-state index contributed by atoms with van der Waals surface area (Å²) < 4.78 is 8.45. The Hall–Kier alpha value is -1.06. The molecular weight excluding hydrogens is 148 g/mol. The van der Waals surface area contributed by atoms with Crippen molar-refractivity contribution in [1.82, 2.24) is 0 Å². The second-order valence-corrected chi connectivity index (χ2v) is 1.52. The molecule has 0 bridgehead atoms. The van der Waals surface area contributed by atoms with Crippen molar-refractivity contribution in [2.45, 2.75) is 20.3 Å². The van der Waals surface area contributed by atoms with Crippen LogP contribution < -0.4 is 0 Å². The molecule has 0 rings (SSSR count). The average Bonchev–Trinajstić information content (AvgIpc) is 2.04. The Morgan fingerprint density at radius 1 is 1.09 bits per heavy atom. The van der Waals surface area contributed by atoms with E-state index in [-0.39, 0.29) is 0 Å². The highest BCUT2D eigenvalue weighted by Crippen LogP contribution is 1.71. The maximum absolute atomic E-state index is 9.34. The van der Waals surface area contributed by atoms with Crippen LogP contribution in [0.5, 0.6) is 0 Å². The van der Waals surface area contributed by atoms with Gasteiger partial charge in [-0.15, -0.1) is 0 Å². The lowest BCUT2D eigenvalue weighted by Crippen LogP contribution is -1.86. The minimum Gasteiger partial charge on any atom is -0.468 e. The monoisotopic (exact) mass is 162 g/mol. The number of ether oxygens (including phenoxy) is 2. The van der Waals surface area contributed by atoms with E-state index >= 15 is 0 Å². The van der Waals surface area contributed by atoms with Gasteiger partial charge in [-0.05, 0) is 13.3 Å². The van der Waals surface area contributed by atoms with Crippen LogP contribution in [-0.2, 0) is 19.1 Å². The van der Waals surface area contributed by atoms with E-state index in [0.29, 0.717) is 26.2 Å². The third-order valence-corrected chi connectivity index (χ3v) is 0.625. The molecule has 0 aliphatic carbocycles. The van der Waals surface area contributed by atoms with Crippen molar-refractivity contribution in [3.05, 3.63) is 0 Å². The van der Waals surface area contributed by atoms with Gasteiger partial charge in [0.25, 0.3) is 12.9 Å². The maximum Gasteiger partial charge on any atom is 0.293 e. The third kappa shape index (κ3) is 27.7. The van der Waals surface area contributed by atoms with Gasteiger partial charge in [0.2, 0.25) is 0 Å². The first-order chi connectivity index (χ1) is 5.33. The minimum atomic E-state index is 0.431. The Bertz CT molecular complexity index is 82.5. The molecule has 0 aliphatic rings. The predicted octanol–water partition coefficient (Wildman–Crippen LogP) is 0.749. The van der Waals surface area contributed by atoms with Gasteiger partial charge in [-0.25, -0.2) is 0 Å². The average molecular weight is 162 g/mol. The topological polar surface area (TPSA) is 52.6 Å². The summed E-state index contributed by atoms with van der Waals surface area (Å²) in [5.41, 5.74) is 0. The molecule has 0 aliphatic heterocycles. The Morgan fingerprint density at radius 3 is 1.73 bits per heavy atom. The van der Waals surface area contributed by atoms with E-state index in [0.717, 1.165) is 6.42 Å². The largest absolute Gasteiger partial charge is 0.468 e. The van der Waals surface area contributed by atoms with Crippen LogP contribution in [0.25, 0.3) is 0 Å². The van der Waals surface area contributed by atoms with Crippen molar-refractivity contribution in [2.24, 2.45) is 0 Å². The van der Waals surface area contributed by atoms with Crippen LogP contribution in [0.15, 0.2) is 0 Å². The second kappa shape index (κ2) is 16.0. The van der Waals surface area contributed by atoms with Crippen molar-refractivity contribution in [2.75, 3.05) is 13.2 Å². The molecule has 4 heteroatoms. The molecule has 0 radical (unpaired) electrons. The summed E-state index contributed by atoms with van der Waals surface area (Å²) in [5.74, 6) is 0. The van der Waals surface area contributed by atoms with Gasteiger partial charge in [-0.3, -0.25) is 9.59 Å². The molecule has 0 heterocycles. The predicted molar refractivity (Wildman–Crippen MR) is 40.0 cm³/mol. The molecule has 0 amide bonds. The first-order valence-electron chi connectivity index (χ1n) is 3.43. The zero-order chi connectivity index (χ0) is 8.95. The second-order valence-electron chi connectivity index (χ2n) is 1.52. The molecule has 4 nitrogen and oxygen atoms in total. The fourth-order valence-corrected chi connectivity index (χ4v) is 0.234. The summed E-state index contributed by atoms with van der Waals surface area (Å²) in [5, 5.41) is 0. The van der Waals surface area contributed by atoms with Crippen molar-refractivity contribution < 1.29 is 19.1 Å². The molecule has 0 N–H and O–H groups in total. The van der Waals surface area contributed by atoms with Crippen molar-refractivity contribution >= 4 is 12.9 Å². The van der Waals surface area contributed by atoms with Gasteiger partial charge in [-0.1, -0.05) is 6.92 Å². The molecule has 0 atom stereocenters. The lowest BCUT2D eigenvalue weighted by Gasteiger charge is -1.86. The summed E-state index contributed by atoms with van der Waals surface area (Å²) >= 11 is 0. The maximum atomic E-state index is 9.34. The Balaban J connectivity index is 0. The lowest BCUT2D eigenvalue weighted by atomic mass is 10.5. The van der Waals surface area contributed by atoms with Gasteiger partial charge >= 0.3 is 0 Å². The summed E-state index contributed by atoms with van der Waals surface area (Å²) in [6, 6.07) is 0. The first kappa shape index (κ1) is 12.6. The van der Waals surface area contributed by atoms with Gasteiger partial charge in [0.05, 0.1) is 13.2 Å². The van der Waals surface area contributed by atoms with Gasteiger partial charge in [0.15, 0.2) is 0 Å². The number of rotatable bonds is 5. The fraction of sp³-hybridized carbons (Fsp3) is 0.714. The van der Waals surface area contributed by atoms with Gasteiger partial charge in [0, 0.05) is 0 Å². The van der Waals surface area contributed by atoms with Crippen molar-refractivity contribution in [3.8, 4) is 0 Å². The number of hydrogen-bond donors (Lipinski definition) is 0. The standard InChI is InChI=1S/C4H8O2.C3H6O2/c1-2-3-6-4-5;1-2-5-3-4/h4H,2-3H2,1H3;3H,2H2,1H3. The Morgan fingerprint density at radius 2 is 1.64 bits per heavy atom. The van der Waals surface area contributed by atoms with Crippen LogP contribution in [-0.4, -0.2) is 26.2 Å². The highest BCUT2D eigenvalue weighted by molar-refractivity contribution is 5.36. The Kier molecular flexibility index (Phi) is 18.3. The molecule has 11 heavy (non-hydrogen) atoms. The molecule has 66 valence electrons. The van der Waals surface area contributed by atoms with E-state index < -0.39 is 0 Å². The minimum absolute atomic E-state index is 0.431. The zero-order valence-corrected chi connectivity index (χ0v) is 6.91. The van der Waals surface area contributed by atoms with Crippen molar-refractivity contribution in [3.63, 3.8) is 0 Å². The van der Waals surface area contributed by atoms with Crippen LogP contribution >= 0.6 is 0 Å². The Labute approximate surface area is 66.5 Å². The van der Waals surface area contributed by atoms with Crippen LogP contribution in [0.3, 0.4) is 0 Å². The van der Waals surface area contributed by atoms with E-state index in [1.807, 2.05) is 6.92 Å². The van der Waals surface area contributed by atoms with Gasteiger partial charge in [-0.2, -0.15) is 0 Å². The van der Waals surface area contributed by atoms with E-state index in [1.165, 1.54) is 0 Å². The van der Waals surface area contributed by atoms with Crippen molar-refractivity contribution in [1.29, 1.82) is 0 Å². The van der Waals surface area contributed by atoms with Crippen LogP contribution in [0.1, 0.15) is 20.3 Å². The van der Waals surface area contributed by atoms with E-state index in [4.69, 9.17) is 0 Å². The first-order valence-corrected chi connectivity index (χ1v) is 3.43. The fourth-order valence-electron chi connectivity index (χ4n) is 0.234. The number of carbonyl (C=O) groups is 2.